The highest BCUT2D eigenvalue weighted by molar-refractivity contribution is 5.69. The number of rotatable bonds is 10. The van der Waals surface area contributed by atoms with Crippen molar-refractivity contribution in [2.24, 2.45) is 0 Å². The summed E-state index contributed by atoms with van der Waals surface area (Å²) >= 11 is 0. The maximum Gasteiger partial charge on any atom is 0.419 e. The number of carbonyl (C=O) groups excluding carboxylic acids is 1. The Labute approximate surface area is 236 Å². The maximum atomic E-state index is 13.9. The summed E-state index contributed by atoms with van der Waals surface area (Å²) < 4.78 is 63.3. The molecule has 220 valence electrons. The first-order chi connectivity index (χ1) is 19.4. The van der Waals surface area contributed by atoms with Crippen molar-refractivity contribution in [1.82, 2.24) is 20.4 Å². The molecule has 0 aliphatic carbocycles. The second kappa shape index (κ2) is 12.6. The first-order valence-corrected chi connectivity index (χ1v) is 13.2. The topological polar surface area (TPSA) is 99.0 Å². The summed E-state index contributed by atoms with van der Waals surface area (Å²) in [5.41, 5.74) is -0.559. The normalized spacial score (nSPS) is 15.6. The van der Waals surface area contributed by atoms with Gasteiger partial charge in [-0.3, -0.25) is 5.32 Å². The highest BCUT2D eigenvalue weighted by atomic mass is 19.4. The molecule has 1 aliphatic rings. The lowest BCUT2D eigenvalue weighted by molar-refractivity contribution is -0.139. The first kappa shape index (κ1) is 29.9. The number of ether oxygens (including phenoxy) is 3. The molecule has 1 N–H and O–H groups in total. The Balaban J connectivity index is 1.41. The summed E-state index contributed by atoms with van der Waals surface area (Å²) in [7, 11) is 0. The summed E-state index contributed by atoms with van der Waals surface area (Å²) in [6.07, 6.45) is -3.93. The van der Waals surface area contributed by atoms with Crippen molar-refractivity contribution >= 4 is 6.09 Å². The number of hydrogen-bond donors (Lipinski definition) is 1. The SMILES string of the molecule is C=C(NC(=O)OC(C)(C)C)N1CCC[C@H]1c1nc(-c2ccc(OCCOCc3ccccc3)c(C(F)(F)F)c2)no1. The first-order valence-electron chi connectivity index (χ1n) is 13.2. The van der Waals surface area contributed by atoms with E-state index in [-0.39, 0.29) is 36.2 Å². The molecule has 41 heavy (non-hydrogen) atoms. The third-order valence-corrected chi connectivity index (χ3v) is 6.11. The lowest BCUT2D eigenvalue weighted by atomic mass is 10.1. The molecule has 0 saturated carbocycles. The van der Waals surface area contributed by atoms with E-state index in [1.807, 2.05) is 30.3 Å². The van der Waals surface area contributed by atoms with Crippen LogP contribution in [0.2, 0.25) is 0 Å². The molecule has 1 fully saturated rings. The Hall–Kier alpha value is -4.06. The minimum Gasteiger partial charge on any atom is -0.491 e. The Morgan fingerprint density at radius 3 is 2.61 bits per heavy atom. The van der Waals surface area contributed by atoms with Crippen LogP contribution in [0.15, 0.2) is 65.5 Å². The van der Waals surface area contributed by atoms with Crippen LogP contribution in [0.25, 0.3) is 11.4 Å². The molecule has 9 nitrogen and oxygen atoms in total. The van der Waals surface area contributed by atoms with Gasteiger partial charge in [0.05, 0.1) is 18.8 Å². The molecule has 0 spiro atoms. The van der Waals surface area contributed by atoms with E-state index in [1.54, 1.807) is 25.7 Å². The number of amides is 1. The van der Waals surface area contributed by atoms with Crippen LogP contribution in [0.1, 0.15) is 56.7 Å². The molecule has 4 rings (SSSR count). The summed E-state index contributed by atoms with van der Waals surface area (Å²) in [6.45, 7) is 10.1. The summed E-state index contributed by atoms with van der Waals surface area (Å²) in [5.74, 6) is 0.185. The van der Waals surface area contributed by atoms with Crippen molar-refractivity contribution < 1.29 is 36.7 Å². The van der Waals surface area contributed by atoms with Gasteiger partial charge in [0.25, 0.3) is 0 Å². The van der Waals surface area contributed by atoms with E-state index in [0.717, 1.165) is 18.1 Å². The molecule has 1 saturated heterocycles. The second-order valence-electron chi connectivity index (χ2n) is 10.5. The van der Waals surface area contributed by atoms with Gasteiger partial charge in [0.2, 0.25) is 11.7 Å². The van der Waals surface area contributed by atoms with Gasteiger partial charge in [-0.05, 0) is 57.4 Å². The van der Waals surface area contributed by atoms with E-state index in [1.165, 1.54) is 12.1 Å². The Morgan fingerprint density at radius 2 is 1.90 bits per heavy atom. The average Bonchev–Trinajstić information content (AvgIpc) is 3.57. The third kappa shape index (κ3) is 8.23. The molecule has 1 atom stereocenters. The quantitative estimate of drug-likeness (QED) is 0.275. The molecule has 0 unspecified atom stereocenters. The van der Waals surface area contributed by atoms with Crippen LogP contribution in [-0.2, 0) is 22.3 Å². The minimum absolute atomic E-state index is 0.000748. The summed E-state index contributed by atoms with van der Waals surface area (Å²) in [4.78, 5) is 18.3. The maximum absolute atomic E-state index is 13.9. The molecule has 3 aromatic rings. The highest BCUT2D eigenvalue weighted by Gasteiger charge is 2.36. The van der Waals surface area contributed by atoms with Crippen molar-refractivity contribution in [2.75, 3.05) is 19.8 Å². The lowest BCUT2D eigenvalue weighted by Gasteiger charge is -2.27. The number of alkyl halides is 3. The third-order valence-electron chi connectivity index (χ3n) is 6.11. The molecule has 2 heterocycles. The van der Waals surface area contributed by atoms with E-state index >= 15 is 0 Å². The van der Waals surface area contributed by atoms with Crippen molar-refractivity contribution in [1.29, 1.82) is 0 Å². The number of alkyl carbamates (subject to hydrolysis) is 1. The van der Waals surface area contributed by atoms with Gasteiger partial charge >= 0.3 is 12.3 Å². The molecular formula is C29H33F3N4O5. The van der Waals surface area contributed by atoms with Crippen molar-refractivity contribution in [3.63, 3.8) is 0 Å². The van der Waals surface area contributed by atoms with Gasteiger partial charge in [0.1, 0.15) is 29.8 Å². The van der Waals surface area contributed by atoms with Gasteiger partial charge in [0.15, 0.2) is 0 Å². The molecule has 12 heteroatoms. The number of hydrogen-bond acceptors (Lipinski definition) is 8. The van der Waals surface area contributed by atoms with Crippen LogP contribution >= 0.6 is 0 Å². The van der Waals surface area contributed by atoms with Crippen molar-refractivity contribution in [2.45, 2.75) is 58.0 Å². The summed E-state index contributed by atoms with van der Waals surface area (Å²) in [6, 6.07) is 12.6. The van der Waals surface area contributed by atoms with Crippen molar-refractivity contribution in [3.8, 4) is 17.1 Å². The van der Waals surface area contributed by atoms with Crippen molar-refractivity contribution in [3.05, 3.63) is 77.9 Å². The van der Waals surface area contributed by atoms with Crippen LogP contribution in [0, 0.1) is 0 Å². The minimum atomic E-state index is -4.67. The van der Waals surface area contributed by atoms with Gasteiger partial charge in [-0.2, -0.15) is 18.2 Å². The van der Waals surface area contributed by atoms with Crippen LogP contribution in [-0.4, -0.2) is 46.5 Å². The highest BCUT2D eigenvalue weighted by Crippen LogP contribution is 2.39. The number of nitrogens with zero attached hydrogens (tertiary/aromatic N) is 3. The fraction of sp³-hybridized carbons (Fsp3) is 0.414. The zero-order valence-corrected chi connectivity index (χ0v) is 23.2. The van der Waals surface area contributed by atoms with Gasteiger partial charge in [-0.15, -0.1) is 0 Å². The second-order valence-corrected chi connectivity index (χ2v) is 10.5. The number of aromatic nitrogens is 2. The van der Waals surface area contributed by atoms with Gasteiger partial charge in [0, 0.05) is 12.1 Å². The number of carbonyl (C=O) groups is 1. The molecule has 0 bridgehead atoms. The van der Waals surface area contributed by atoms with E-state index in [0.29, 0.717) is 25.4 Å². The molecule has 1 amide bonds. The number of benzene rings is 2. The Kier molecular flexibility index (Phi) is 9.21. The van der Waals surface area contributed by atoms with E-state index in [4.69, 9.17) is 18.7 Å². The standard InChI is InChI=1S/C29H33F3N4O5/c1-19(33-27(37)40-28(2,3)4)36-14-8-11-23(36)26-34-25(35-41-26)21-12-13-24(22(17-21)29(30,31)32)39-16-15-38-18-20-9-6-5-7-10-20/h5-7,9-10,12-13,17,23H,1,8,11,14-16,18H2,2-4H3,(H,33,37)/t23-/m0/s1. The Morgan fingerprint density at radius 1 is 1.15 bits per heavy atom. The largest absolute Gasteiger partial charge is 0.491 e. The fourth-order valence-electron chi connectivity index (χ4n) is 4.32. The van der Waals surface area contributed by atoms with E-state index in [2.05, 4.69) is 22.0 Å². The van der Waals surface area contributed by atoms with E-state index < -0.39 is 29.5 Å². The van der Waals surface area contributed by atoms with E-state index in [9.17, 15) is 18.0 Å². The zero-order valence-electron chi connectivity index (χ0n) is 23.2. The molecule has 0 radical (unpaired) electrons. The fourth-order valence-corrected chi connectivity index (χ4v) is 4.32. The lowest BCUT2D eigenvalue weighted by Crippen LogP contribution is -2.37. The van der Waals surface area contributed by atoms with Gasteiger partial charge in [-0.25, -0.2) is 4.79 Å². The zero-order chi connectivity index (χ0) is 29.6. The van der Waals surface area contributed by atoms with Crippen LogP contribution in [0.4, 0.5) is 18.0 Å². The number of nitrogens with one attached hydrogen (secondary N) is 1. The summed E-state index contributed by atoms with van der Waals surface area (Å²) in [5, 5.41) is 6.53. The van der Waals surface area contributed by atoms with Crippen LogP contribution in [0.3, 0.4) is 0 Å². The monoisotopic (exact) mass is 574 g/mol. The average molecular weight is 575 g/mol. The molecule has 1 aromatic heterocycles. The molecular weight excluding hydrogens is 541 g/mol. The molecule has 2 aromatic carbocycles. The van der Waals surface area contributed by atoms with Gasteiger partial charge < -0.3 is 23.6 Å². The van der Waals surface area contributed by atoms with Crippen LogP contribution < -0.4 is 10.1 Å². The molecule has 1 aliphatic heterocycles. The Bertz CT molecular complexity index is 1340. The van der Waals surface area contributed by atoms with Gasteiger partial charge in [-0.1, -0.05) is 42.1 Å². The number of likely N-dealkylation sites (tertiary alicyclic amines) is 1. The predicted octanol–water partition coefficient (Wildman–Crippen LogP) is 6.48. The predicted molar refractivity (Wildman–Crippen MR) is 144 cm³/mol. The van der Waals surface area contributed by atoms with Crippen LogP contribution in [0.5, 0.6) is 5.75 Å². The number of halogens is 3. The smallest absolute Gasteiger partial charge is 0.419 e.